The van der Waals surface area contributed by atoms with Gasteiger partial charge >= 0.3 is 0 Å². The first-order chi connectivity index (χ1) is 11.4. The Bertz CT molecular complexity index is 987. The summed E-state index contributed by atoms with van der Waals surface area (Å²) in [6.45, 7) is 1.54. The van der Waals surface area contributed by atoms with Crippen molar-refractivity contribution in [2.45, 2.75) is 22.8 Å². The molecule has 1 unspecified atom stereocenters. The van der Waals surface area contributed by atoms with Crippen molar-refractivity contribution in [2.24, 2.45) is 0 Å². The number of nitrogens with zero attached hydrogens (tertiary/aromatic N) is 1. The molecule has 0 spiro atoms. The van der Waals surface area contributed by atoms with Gasteiger partial charge in [-0.1, -0.05) is 6.07 Å². The summed E-state index contributed by atoms with van der Waals surface area (Å²) in [4.78, 5) is -0.0976. The molecule has 0 aliphatic rings. The van der Waals surface area contributed by atoms with Crippen LogP contribution >= 0.6 is 0 Å². The van der Waals surface area contributed by atoms with E-state index in [1.807, 2.05) is 0 Å². The molecule has 9 heteroatoms. The van der Waals surface area contributed by atoms with Gasteiger partial charge in [-0.3, -0.25) is 0 Å². The minimum atomic E-state index is -3.95. The second-order valence-corrected chi connectivity index (χ2v) is 9.63. The van der Waals surface area contributed by atoms with E-state index >= 15 is 0 Å². The first kappa shape index (κ1) is 19.5. The van der Waals surface area contributed by atoms with E-state index in [2.05, 4.69) is 0 Å². The topological polar surface area (TPSA) is 71.5 Å². The first-order valence-corrected chi connectivity index (χ1v) is 10.5. The molecular weight excluding hydrogens is 372 g/mol. The Kier molecular flexibility index (Phi) is 5.31. The predicted molar refractivity (Wildman–Crippen MR) is 89.3 cm³/mol. The Labute approximate surface area is 145 Å². The van der Waals surface area contributed by atoms with E-state index in [1.165, 1.54) is 44.3 Å². The molecule has 0 N–H and O–H groups in total. The van der Waals surface area contributed by atoms with E-state index in [9.17, 15) is 25.6 Å². The normalized spacial score (nSPS) is 13.8. The third-order valence-corrected chi connectivity index (χ3v) is 6.97. The van der Waals surface area contributed by atoms with Gasteiger partial charge in [-0.15, -0.1) is 0 Å². The molecule has 25 heavy (non-hydrogen) atoms. The Morgan fingerprint density at radius 3 is 1.88 bits per heavy atom. The standard InChI is InChI=1S/C16H17F2NO4S2/c1-11(12-4-9-15(17)16(18)10-12)19(2)25(22,23)14-7-5-13(6-8-14)24(3,20)21/h4-11H,1-3H3. The smallest absolute Gasteiger partial charge is 0.224 e. The molecule has 2 aromatic rings. The highest BCUT2D eigenvalue weighted by Gasteiger charge is 2.27. The Balaban J connectivity index is 2.36. The van der Waals surface area contributed by atoms with Crippen molar-refractivity contribution >= 4 is 19.9 Å². The monoisotopic (exact) mass is 389 g/mol. The number of sulfone groups is 1. The summed E-state index contributed by atoms with van der Waals surface area (Å²) in [5.74, 6) is -2.08. The lowest BCUT2D eigenvalue weighted by Crippen LogP contribution is -2.30. The van der Waals surface area contributed by atoms with Crippen LogP contribution in [0.15, 0.2) is 52.3 Å². The molecule has 0 aromatic heterocycles. The van der Waals surface area contributed by atoms with Gasteiger partial charge in [0.05, 0.1) is 9.79 Å². The Morgan fingerprint density at radius 2 is 1.40 bits per heavy atom. The van der Waals surface area contributed by atoms with Gasteiger partial charge in [0.2, 0.25) is 10.0 Å². The number of halogens is 2. The molecule has 2 aromatic carbocycles. The third kappa shape index (κ3) is 4.05. The Hall–Kier alpha value is -1.84. The van der Waals surface area contributed by atoms with E-state index in [1.54, 1.807) is 0 Å². The highest BCUT2D eigenvalue weighted by atomic mass is 32.2. The summed E-state index contributed by atoms with van der Waals surface area (Å²) in [5, 5.41) is 0. The molecule has 5 nitrogen and oxygen atoms in total. The van der Waals surface area contributed by atoms with Crippen LogP contribution in [-0.4, -0.2) is 34.4 Å². The average Bonchev–Trinajstić information content (AvgIpc) is 2.55. The van der Waals surface area contributed by atoms with Crippen LogP contribution in [0.2, 0.25) is 0 Å². The van der Waals surface area contributed by atoms with E-state index in [0.717, 1.165) is 22.7 Å². The minimum absolute atomic E-state index is 0.00255. The van der Waals surface area contributed by atoms with E-state index in [4.69, 9.17) is 0 Å². The van der Waals surface area contributed by atoms with Crippen molar-refractivity contribution in [2.75, 3.05) is 13.3 Å². The van der Waals surface area contributed by atoms with E-state index in [0.29, 0.717) is 0 Å². The fourth-order valence-corrected chi connectivity index (χ4v) is 4.20. The highest BCUT2D eigenvalue weighted by molar-refractivity contribution is 7.90. The van der Waals surface area contributed by atoms with Crippen molar-refractivity contribution < 1.29 is 25.6 Å². The lowest BCUT2D eigenvalue weighted by atomic mass is 10.1. The zero-order valence-electron chi connectivity index (χ0n) is 13.8. The highest BCUT2D eigenvalue weighted by Crippen LogP contribution is 2.27. The molecule has 0 aliphatic heterocycles. The van der Waals surface area contributed by atoms with Crippen molar-refractivity contribution in [3.05, 3.63) is 59.7 Å². The number of hydrogen-bond donors (Lipinski definition) is 0. The van der Waals surface area contributed by atoms with Gasteiger partial charge in [-0.05, 0) is 48.9 Å². The quantitative estimate of drug-likeness (QED) is 0.788. The fraction of sp³-hybridized carbons (Fsp3) is 0.250. The van der Waals surface area contributed by atoms with Crippen LogP contribution in [0.1, 0.15) is 18.5 Å². The van der Waals surface area contributed by atoms with Gasteiger partial charge in [0, 0.05) is 19.3 Å². The zero-order valence-corrected chi connectivity index (χ0v) is 15.4. The maximum absolute atomic E-state index is 13.4. The van der Waals surface area contributed by atoms with Crippen molar-refractivity contribution in [3.63, 3.8) is 0 Å². The van der Waals surface area contributed by atoms with E-state index < -0.39 is 37.5 Å². The van der Waals surface area contributed by atoms with Crippen LogP contribution in [0, 0.1) is 11.6 Å². The van der Waals surface area contributed by atoms with Gasteiger partial charge in [-0.25, -0.2) is 25.6 Å². The van der Waals surface area contributed by atoms with Crippen LogP contribution < -0.4 is 0 Å². The lowest BCUT2D eigenvalue weighted by Gasteiger charge is -2.25. The fourth-order valence-electron chi connectivity index (χ4n) is 2.22. The average molecular weight is 389 g/mol. The van der Waals surface area contributed by atoms with Crippen molar-refractivity contribution in [1.29, 1.82) is 0 Å². The summed E-state index contributed by atoms with van der Waals surface area (Å²) in [5.41, 5.74) is 0.290. The summed E-state index contributed by atoms with van der Waals surface area (Å²) in [7, 11) is -6.08. The molecule has 0 amide bonds. The maximum Gasteiger partial charge on any atom is 0.243 e. The molecule has 0 fully saturated rings. The van der Waals surface area contributed by atoms with Crippen molar-refractivity contribution in [3.8, 4) is 0 Å². The summed E-state index contributed by atoms with van der Waals surface area (Å²) in [6, 6.07) is 7.23. The molecule has 1 atom stereocenters. The number of benzene rings is 2. The first-order valence-electron chi connectivity index (χ1n) is 7.17. The zero-order chi connectivity index (χ0) is 19.0. The van der Waals surface area contributed by atoms with Crippen LogP contribution in [0.5, 0.6) is 0 Å². The Morgan fingerprint density at radius 1 is 0.880 bits per heavy atom. The molecule has 136 valence electrons. The predicted octanol–water partition coefficient (Wildman–Crippen LogP) is 2.75. The second kappa shape index (κ2) is 6.81. The molecule has 0 radical (unpaired) electrons. The van der Waals surface area contributed by atoms with Gasteiger partial charge in [0.1, 0.15) is 0 Å². The van der Waals surface area contributed by atoms with Crippen molar-refractivity contribution in [1.82, 2.24) is 4.31 Å². The molecule has 2 rings (SSSR count). The molecule has 0 saturated heterocycles. The van der Waals surface area contributed by atoms with Gasteiger partial charge in [-0.2, -0.15) is 4.31 Å². The van der Waals surface area contributed by atoms with Crippen LogP contribution in [0.4, 0.5) is 8.78 Å². The largest absolute Gasteiger partial charge is 0.243 e. The lowest BCUT2D eigenvalue weighted by molar-refractivity contribution is 0.395. The summed E-state index contributed by atoms with van der Waals surface area (Å²) < 4.78 is 75.7. The number of sulfonamides is 1. The molecule has 0 saturated carbocycles. The van der Waals surface area contributed by atoms with Gasteiger partial charge in [0.15, 0.2) is 21.5 Å². The van der Waals surface area contributed by atoms with Gasteiger partial charge in [0.25, 0.3) is 0 Å². The summed E-state index contributed by atoms with van der Waals surface area (Å²) in [6.07, 6.45) is 1.02. The molecule has 0 bridgehead atoms. The maximum atomic E-state index is 13.4. The third-order valence-electron chi connectivity index (χ3n) is 3.90. The van der Waals surface area contributed by atoms with Gasteiger partial charge < -0.3 is 0 Å². The molecule has 0 aliphatic carbocycles. The SMILES string of the molecule is CC(c1ccc(F)c(F)c1)N(C)S(=O)(=O)c1ccc(S(C)(=O)=O)cc1. The van der Waals surface area contributed by atoms with Crippen LogP contribution in [0.25, 0.3) is 0 Å². The van der Waals surface area contributed by atoms with Crippen LogP contribution in [-0.2, 0) is 19.9 Å². The number of rotatable bonds is 5. The molecule has 0 heterocycles. The minimum Gasteiger partial charge on any atom is -0.224 e. The van der Waals surface area contributed by atoms with Crippen LogP contribution in [0.3, 0.4) is 0 Å². The number of hydrogen-bond acceptors (Lipinski definition) is 4. The summed E-state index contributed by atoms with van der Waals surface area (Å²) >= 11 is 0. The second-order valence-electron chi connectivity index (χ2n) is 5.61. The molecular formula is C16H17F2NO4S2. The van der Waals surface area contributed by atoms with E-state index in [-0.39, 0.29) is 15.4 Å².